The lowest BCUT2D eigenvalue weighted by Gasteiger charge is -2.18. The van der Waals surface area contributed by atoms with E-state index in [0.29, 0.717) is 0 Å². The molecule has 0 aliphatic rings. The Hall–Kier alpha value is -1.97. The van der Waals surface area contributed by atoms with E-state index in [1.807, 2.05) is 55.3 Å². The second-order valence-electron chi connectivity index (χ2n) is 3.90. The molecule has 0 spiro atoms. The molecule has 0 atom stereocenters. The summed E-state index contributed by atoms with van der Waals surface area (Å²) in [6.07, 6.45) is 3.76. The van der Waals surface area contributed by atoms with Crippen molar-refractivity contribution in [3.63, 3.8) is 0 Å². The predicted molar refractivity (Wildman–Crippen MR) is 66.2 cm³/mol. The number of aromatic nitrogens is 2. The van der Waals surface area contributed by atoms with Crippen LogP contribution in [-0.2, 0) is 13.6 Å². The summed E-state index contributed by atoms with van der Waals surface area (Å²) in [5.41, 5.74) is 7.57. The fourth-order valence-corrected chi connectivity index (χ4v) is 1.58. The lowest BCUT2D eigenvalue weighted by atomic mass is 10.2. The van der Waals surface area contributed by atoms with Gasteiger partial charge in [0.1, 0.15) is 5.82 Å². The van der Waals surface area contributed by atoms with E-state index < -0.39 is 0 Å². The molecule has 84 valence electrons. The van der Waals surface area contributed by atoms with Gasteiger partial charge < -0.3 is 15.2 Å². The molecule has 2 N–H and O–H groups in total. The fraction of sp³-hybridized carbons (Fsp3) is 0.250. The van der Waals surface area contributed by atoms with E-state index in [-0.39, 0.29) is 0 Å². The first-order valence-corrected chi connectivity index (χ1v) is 5.19. The maximum atomic E-state index is 5.65. The minimum atomic E-state index is 0.785. The van der Waals surface area contributed by atoms with Gasteiger partial charge in [-0.05, 0) is 24.3 Å². The third-order valence-corrected chi connectivity index (χ3v) is 2.63. The molecule has 0 fully saturated rings. The molecule has 2 rings (SSSR count). The Morgan fingerprint density at radius 3 is 2.56 bits per heavy atom. The summed E-state index contributed by atoms with van der Waals surface area (Å²) < 4.78 is 2.02. The summed E-state index contributed by atoms with van der Waals surface area (Å²) in [6.45, 7) is 0.785. The quantitative estimate of drug-likeness (QED) is 0.793. The summed E-state index contributed by atoms with van der Waals surface area (Å²) in [6, 6.07) is 7.84. The van der Waals surface area contributed by atoms with Crippen LogP contribution >= 0.6 is 0 Å². The minimum absolute atomic E-state index is 0.785. The van der Waals surface area contributed by atoms with Gasteiger partial charge in [0.25, 0.3) is 0 Å². The highest BCUT2D eigenvalue weighted by molar-refractivity contribution is 5.52. The SMILES string of the molecule is CN(Cc1nccn1C)c1ccc(N)cc1. The van der Waals surface area contributed by atoms with E-state index in [4.69, 9.17) is 5.73 Å². The summed E-state index contributed by atoms with van der Waals surface area (Å²) in [4.78, 5) is 6.44. The Balaban J connectivity index is 2.11. The zero-order valence-electron chi connectivity index (χ0n) is 9.59. The number of hydrogen-bond donors (Lipinski definition) is 1. The van der Waals surface area contributed by atoms with Gasteiger partial charge in [-0.25, -0.2) is 4.98 Å². The van der Waals surface area contributed by atoms with Crippen LogP contribution < -0.4 is 10.6 Å². The second kappa shape index (κ2) is 4.26. The van der Waals surface area contributed by atoms with Crippen molar-refractivity contribution < 1.29 is 0 Å². The second-order valence-corrected chi connectivity index (χ2v) is 3.90. The molecule has 0 aliphatic carbocycles. The first-order chi connectivity index (χ1) is 7.66. The van der Waals surface area contributed by atoms with Gasteiger partial charge in [-0.2, -0.15) is 0 Å². The van der Waals surface area contributed by atoms with Crippen LogP contribution in [0.3, 0.4) is 0 Å². The third-order valence-electron chi connectivity index (χ3n) is 2.63. The van der Waals surface area contributed by atoms with Gasteiger partial charge in [-0.15, -0.1) is 0 Å². The highest BCUT2D eigenvalue weighted by Crippen LogP contribution is 2.16. The predicted octanol–water partition coefficient (Wildman–Crippen LogP) is 1.64. The van der Waals surface area contributed by atoms with Crippen molar-refractivity contribution in [2.75, 3.05) is 17.7 Å². The van der Waals surface area contributed by atoms with Crippen LogP contribution in [0.15, 0.2) is 36.7 Å². The highest BCUT2D eigenvalue weighted by Gasteiger charge is 2.05. The van der Waals surface area contributed by atoms with Crippen molar-refractivity contribution in [3.8, 4) is 0 Å². The summed E-state index contributed by atoms with van der Waals surface area (Å²) in [5.74, 6) is 1.04. The van der Waals surface area contributed by atoms with Gasteiger partial charge in [0, 0.05) is 37.9 Å². The molecule has 0 aliphatic heterocycles. The van der Waals surface area contributed by atoms with E-state index in [9.17, 15) is 0 Å². The molecule has 0 saturated carbocycles. The zero-order chi connectivity index (χ0) is 11.5. The lowest BCUT2D eigenvalue weighted by molar-refractivity contribution is 0.762. The molecule has 4 heteroatoms. The maximum Gasteiger partial charge on any atom is 0.127 e. The normalized spacial score (nSPS) is 10.4. The van der Waals surface area contributed by atoms with Crippen LogP contribution in [0.2, 0.25) is 0 Å². The Morgan fingerprint density at radius 1 is 1.31 bits per heavy atom. The minimum Gasteiger partial charge on any atom is -0.399 e. The average Bonchev–Trinajstić information content (AvgIpc) is 2.65. The smallest absolute Gasteiger partial charge is 0.127 e. The molecule has 4 nitrogen and oxygen atoms in total. The first-order valence-electron chi connectivity index (χ1n) is 5.19. The first kappa shape index (κ1) is 10.5. The van der Waals surface area contributed by atoms with Crippen LogP contribution in [0.1, 0.15) is 5.82 Å². The van der Waals surface area contributed by atoms with Crippen LogP contribution in [0.25, 0.3) is 0 Å². The number of nitrogen functional groups attached to an aromatic ring is 1. The van der Waals surface area contributed by atoms with Crippen LogP contribution in [-0.4, -0.2) is 16.6 Å². The Bertz CT molecular complexity index is 458. The molecule has 0 saturated heterocycles. The summed E-state index contributed by atoms with van der Waals surface area (Å²) in [7, 11) is 4.04. The van der Waals surface area contributed by atoms with Gasteiger partial charge in [0.2, 0.25) is 0 Å². The molecule has 0 unspecified atom stereocenters. The molecule has 0 bridgehead atoms. The summed E-state index contributed by atoms with van der Waals surface area (Å²) >= 11 is 0. The lowest BCUT2D eigenvalue weighted by Crippen LogP contribution is -2.18. The van der Waals surface area contributed by atoms with Crippen molar-refractivity contribution in [2.45, 2.75) is 6.54 Å². The monoisotopic (exact) mass is 216 g/mol. The Labute approximate surface area is 95.3 Å². The number of nitrogens with two attached hydrogens (primary N) is 1. The number of rotatable bonds is 3. The number of nitrogens with zero attached hydrogens (tertiary/aromatic N) is 3. The summed E-state index contributed by atoms with van der Waals surface area (Å²) in [5, 5.41) is 0. The molecule has 0 amide bonds. The van der Waals surface area contributed by atoms with Crippen molar-refractivity contribution in [1.82, 2.24) is 9.55 Å². The fourth-order valence-electron chi connectivity index (χ4n) is 1.58. The molecule has 16 heavy (non-hydrogen) atoms. The number of hydrogen-bond acceptors (Lipinski definition) is 3. The van der Waals surface area contributed by atoms with Gasteiger partial charge in [0.05, 0.1) is 6.54 Å². The Morgan fingerprint density at radius 2 is 2.00 bits per heavy atom. The van der Waals surface area contributed by atoms with E-state index >= 15 is 0 Å². The molecular formula is C12H16N4. The van der Waals surface area contributed by atoms with Gasteiger partial charge in [0.15, 0.2) is 0 Å². The molecule has 1 aromatic carbocycles. The molecule has 2 aromatic rings. The molecule has 1 heterocycles. The zero-order valence-corrected chi connectivity index (χ0v) is 9.59. The van der Waals surface area contributed by atoms with Crippen molar-refractivity contribution in [1.29, 1.82) is 0 Å². The van der Waals surface area contributed by atoms with Gasteiger partial charge in [-0.1, -0.05) is 0 Å². The Kier molecular flexibility index (Phi) is 2.81. The number of benzene rings is 1. The number of imidazole rings is 1. The van der Waals surface area contributed by atoms with E-state index in [1.54, 1.807) is 0 Å². The largest absolute Gasteiger partial charge is 0.399 e. The highest BCUT2D eigenvalue weighted by atomic mass is 15.2. The van der Waals surface area contributed by atoms with Crippen molar-refractivity contribution in [2.24, 2.45) is 7.05 Å². The standard InChI is InChI=1S/C12H16N4/c1-15-8-7-14-12(15)9-16(2)11-5-3-10(13)4-6-11/h3-8H,9,13H2,1-2H3. The number of aryl methyl sites for hydroxylation is 1. The van der Waals surface area contributed by atoms with Gasteiger partial charge >= 0.3 is 0 Å². The molecule has 1 aromatic heterocycles. The van der Waals surface area contributed by atoms with Crippen LogP contribution in [0.4, 0.5) is 11.4 Å². The van der Waals surface area contributed by atoms with Crippen LogP contribution in [0, 0.1) is 0 Å². The van der Waals surface area contributed by atoms with E-state index in [0.717, 1.165) is 23.7 Å². The van der Waals surface area contributed by atoms with Crippen molar-refractivity contribution in [3.05, 3.63) is 42.5 Å². The molecule has 0 radical (unpaired) electrons. The number of anilines is 2. The third kappa shape index (κ3) is 2.16. The van der Waals surface area contributed by atoms with E-state index in [2.05, 4.69) is 9.88 Å². The van der Waals surface area contributed by atoms with Crippen molar-refractivity contribution >= 4 is 11.4 Å². The topological polar surface area (TPSA) is 47.1 Å². The van der Waals surface area contributed by atoms with E-state index in [1.165, 1.54) is 0 Å². The average molecular weight is 216 g/mol. The maximum absolute atomic E-state index is 5.65. The van der Waals surface area contributed by atoms with Crippen LogP contribution in [0.5, 0.6) is 0 Å². The molecular weight excluding hydrogens is 200 g/mol. The van der Waals surface area contributed by atoms with Gasteiger partial charge in [-0.3, -0.25) is 0 Å².